The van der Waals surface area contributed by atoms with Crippen molar-refractivity contribution >= 4 is 15.9 Å². The van der Waals surface area contributed by atoms with Crippen LogP contribution in [0.2, 0.25) is 0 Å². The molecule has 0 aliphatic carbocycles. The molecule has 0 saturated carbocycles. The molecule has 18 heavy (non-hydrogen) atoms. The molecular formula is C14H21BrFNO. The highest BCUT2D eigenvalue weighted by molar-refractivity contribution is 9.10. The molecule has 1 unspecified atom stereocenters. The van der Waals surface area contributed by atoms with Crippen molar-refractivity contribution in [2.45, 2.75) is 44.8 Å². The van der Waals surface area contributed by atoms with Gasteiger partial charge in [0.25, 0.3) is 0 Å². The van der Waals surface area contributed by atoms with Gasteiger partial charge in [-0.2, -0.15) is 0 Å². The van der Waals surface area contributed by atoms with Gasteiger partial charge in [0.1, 0.15) is 5.82 Å². The molecule has 0 heterocycles. The highest BCUT2D eigenvalue weighted by Crippen LogP contribution is 2.27. The number of halogens is 2. The molecule has 0 radical (unpaired) electrons. The van der Waals surface area contributed by atoms with Crippen LogP contribution in [-0.4, -0.2) is 18.8 Å². The van der Waals surface area contributed by atoms with Gasteiger partial charge in [0.2, 0.25) is 0 Å². The van der Waals surface area contributed by atoms with Crippen LogP contribution in [0.5, 0.6) is 0 Å². The molecule has 1 aromatic carbocycles. The molecule has 0 amide bonds. The molecule has 102 valence electrons. The van der Waals surface area contributed by atoms with E-state index < -0.39 is 0 Å². The van der Waals surface area contributed by atoms with Crippen molar-refractivity contribution in [3.05, 3.63) is 34.1 Å². The maximum absolute atomic E-state index is 13.0. The number of ether oxygens (including phenoxy) is 1. The molecule has 0 aromatic heterocycles. The van der Waals surface area contributed by atoms with E-state index in [1.165, 1.54) is 12.1 Å². The van der Waals surface area contributed by atoms with E-state index in [1.54, 1.807) is 13.2 Å². The minimum absolute atomic E-state index is 0.112. The lowest BCUT2D eigenvalue weighted by Crippen LogP contribution is -2.50. The summed E-state index contributed by atoms with van der Waals surface area (Å²) in [4.78, 5) is 0. The van der Waals surface area contributed by atoms with Crippen LogP contribution in [0.3, 0.4) is 0 Å². The Labute approximate surface area is 117 Å². The van der Waals surface area contributed by atoms with Crippen molar-refractivity contribution in [3.8, 4) is 0 Å². The average molecular weight is 318 g/mol. The summed E-state index contributed by atoms with van der Waals surface area (Å²) < 4.78 is 19.4. The molecular weight excluding hydrogens is 297 g/mol. The summed E-state index contributed by atoms with van der Waals surface area (Å²) in [7, 11) is 1.70. The van der Waals surface area contributed by atoms with Gasteiger partial charge in [-0.25, -0.2) is 4.39 Å². The van der Waals surface area contributed by atoms with Crippen LogP contribution in [0.15, 0.2) is 22.7 Å². The van der Waals surface area contributed by atoms with Gasteiger partial charge in [0.05, 0.1) is 5.60 Å². The zero-order chi connectivity index (χ0) is 13.8. The highest BCUT2D eigenvalue weighted by Gasteiger charge is 2.33. The number of nitrogens with two attached hydrogens (primary N) is 1. The number of hydrogen-bond donors (Lipinski definition) is 1. The van der Waals surface area contributed by atoms with E-state index in [1.807, 2.05) is 0 Å². The molecule has 0 saturated heterocycles. The fourth-order valence-electron chi connectivity index (χ4n) is 2.32. The van der Waals surface area contributed by atoms with E-state index in [0.29, 0.717) is 6.42 Å². The van der Waals surface area contributed by atoms with Crippen LogP contribution in [0.25, 0.3) is 0 Å². The van der Waals surface area contributed by atoms with E-state index in [0.717, 1.165) is 22.9 Å². The fourth-order valence-corrected chi connectivity index (χ4v) is 2.84. The molecule has 0 aliphatic rings. The first-order chi connectivity index (χ1) is 8.49. The van der Waals surface area contributed by atoms with E-state index in [-0.39, 0.29) is 17.5 Å². The standard InChI is InChI=1S/C14H21BrFNO/c1-4-14(5-2,18-3)13(17)8-10-6-7-11(16)9-12(10)15/h6-7,9,13H,4-5,8,17H2,1-3H3. The third kappa shape index (κ3) is 3.31. The highest BCUT2D eigenvalue weighted by atomic mass is 79.9. The van der Waals surface area contributed by atoms with Crippen molar-refractivity contribution in [2.24, 2.45) is 5.73 Å². The van der Waals surface area contributed by atoms with Gasteiger partial charge in [-0.15, -0.1) is 0 Å². The normalized spacial score (nSPS) is 13.7. The Bertz CT molecular complexity index is 385. The first-order valence-corrected chi connectivity index (χ1v) is 7.03. The minimum Gasteiger partial charge on any atom is -0.377 e. The largest absolute Gasteiger partial charge is 0.377 e. The molecule has 0 bridgehead atoms. The summed E-state index contributed by atoms with van der Waals surface area (Å²) in [5, 5.41) is 0. The van der Waals surface area contributed by atoms with Crippen molar-refractivity contribution in [3.63, 3.8) is 0 Å². The van der Waals surface area contributed by atoms with Crippen LogP contribution < -0.4 is 5.73 Å². The molecule has 2 nitrogen and oxygen atoms in total. The molecule has 4 heteroatoms. The van der Waals surface area contributed by atoms with Crippen LogP contribution in [0.1, 0.15) is 32.3 Å². The summed E-state index contributed by atoms with van der Waals surface area (Å²) in [5.41, 5.74) is 6.98. The maximum Gasteiger partial charge on any atom is 0.124 e. The van der Waals surface area contributed by atoms with E-state index in [4.69, 9.17) is 10.5 Å². The van der Waals surface area contributed by atoms with Crippen LogP contribution >= 0.6 is 15.9 Å². The van der Waals surface area contributed by atoms with Gasteiger partial charge in [-0.1, -0.05) is 35.8 Å². The van der Waals surface area contributed by atoms with Gasteiger partial charge < -0.3 is 10.5 Å². The number of rotatable bonds is 6. The Kier molecular flexibility index (Phi) is 5.76. The molecule has 1 rings (SSSR count). The zero-order valence-electron chi connectivity index (χ0n) is 11.2. The minimum atomic E-state index is -0.312. The Balaban J connectivity index is 2.89. The molecule has 0 fully saturated rings. The third-order valence-corrected chi connectivity index (χ3v) is 4.47. The SMILES string of the molecule is CCC(CC)(OC)C(N)Cc1ccc(F)cc1Br. The Hall–Kier alpha value is -0.450. The van der Waals surface area contributed by atoms with Gasteiger partial charge in [0, 0.05) is 17.6 Å². The predicted molar refractivity (Wildman–Crippen MR) is 76.1 cm³/mol. The zero-order valence-corrected chi connectivity index (χ0v) is 12.8. The summed E-state index contributed by atoms with van der Waals surface area (Å²) in [6, 6.07) is 4.58. The first-order valence-electron chi connectivity index (χ1n) is 6.23. The Morgan fingerprint density at radius 1 is 1.39 bits per heavy atom. The summed E-state index contributed by atoms with van der Waals surface area (Å²) >= 11 is 3.37. The van der Waals surface area contributed by atoms with Crippen molar-refractivity contribution < 1.29 is 9.13 Å². The number of benzene rings is 1. The molecule has 0 aliphatic heterocycles. The monoisotopic (exact) mass is 317 g/mol. The Morgan fingerprint density at radius 3 is 2.44 bits per heavy atom. The van der Waals surface area contributed by atoms with Crippen molar-refractivity contribution in [1.82, 2.24) is 0 Å². The maximum atomic E-state index is 13.0. The summed E-state index contributed by atoms with van der Waals surface area (Å²) in [6.07, 6.45) is 2.39. The second-order valence-corrected chi connectivity index (χ2v) is 5.38. The van der Waals surface area contributed by atoms with Gasteiger partial charge in [-0.05, 0) is 37.0 Å². The van der Waals surface area contributed by atoms with Crippen LogP contribution in [0, 0.1) is 5.82 Å². The lowest BCUT2D eigenvalue weighted by Gasteiger charge is -2.36. The van der Waals surface area contributed by atoms with Crippen molar-refractivity contribution in [1.29, 1.82) is 0 Å². The second-order valence-electron chi connectivity index (χ2n) is 4.52. The topological polar surface area (TPSA) is 35.2 Å². The number of methoxy groups -OCH3 is 1. The molecule has 1 aromatic rings. The van der Waals surface area contributed by atoms with E-state index >= 15 is 0 Å². The van der Waals surface area contributed by atoms with Gasteiger partial charge >= 0.3 is 0 Å². The van der Waals surface area contributed by atoms with Crippen LogP contribution in [0.4, 0.5) is 4.39 Å². The first kappa shape index (κ1) is 15.6. The van der Waals surface area contributed by atoms with Crippen molar-refractivity contribution in [2.75, 3.05) is 7.11 Å². The van der Waals surface area contributed by atoms with Gasteiger partial charge in [-0.3, -0.25) is 0 Å². The fraction of sp³-hybridized carbons (Fsp3) is 0.571. The third-order valence-electron chi connectivity index (χ3n) is 3.73. The molecule has 1 atom stereocenters. The van der Waals surface area contributed by atoms with Gasteiger partial charge in [0.15, 0.2) is 0 Å². The molecule has 2 N–H and O–H groups in total. The summed E-state index contributed by atoms with van der Waals surface area (Å²) in [5.74, 6) is -0.247. The average Bonchev–Trinajstić information content (AvgIpc) is 2.36. The number of hydrogen-bond acceptors (Lipinski definition) is 2. The summed E-state index contributed by atoms with van der Waals surface area (Å²) in [6.45, 7) is 4.15. The lowest BCUT2D eigenvalue weighted by atomic mass is 9.85. The van der Waals surface area contributed by atoms with E-state index in [2.05, 4.69) is 29.8 Å². The van der Waals surface area contributed by atoms with Crippen LogP contribution in [-0.2, 0) is 11.2 Å². The Morgan fingerprint density at radius 2 is 2.00 bits per heavy atom. The lowest BCUT2D eigenvalue weighted by molar-refractivity contribution is -0.0374. The smallest absolute Gasteiger partial charge is 0.124 e. The quantitative estimate of drug-likeness (QED) is 0.869. The predicted octanol–water partition coefficient (Wildman–Crippen LogP) is 3.66. The second kappa shape index (κ2) is 6.64. The van der Waals surface area contributed by atoms with E-state index in [9.17, 15) is 4.39 Å². The molecule has 0 spiro atoms.